The number of pyridine rings is 1. The maximum atomic E-state index is 11.8. The minimum Gasteiger partial charge on any atom is -0.374 e. The van der Waals surface area contributed by atoms with Crippen LogP contribution in [-0.4, -0.2) is 4.98 Å². The molecule has 2 aromatic carbocycles. The summed E-state index contributed by atoms with van der Waals surface area (Å²) < 4.78 is 0. The van der Waals surface area contributed by atoms with Crippen molar-refractivity contribution in [2.45, 2.75) is 6.54 Å². The molecule has 1 heterocycles. The Labute approximate surface area is 131 Å². The average Bonchev–Trinajstić information content (AvgIpc) is 2.61. The van der Waals surface area contributed by atoms with E-state index < -0.39 is 10.9 Å². The summed E-state index contributed by atoms with van der Waals surface area (Å²) in [7, 11) is 0. The number of rotatable bonds is 5. The van der Waals surface area contributed by atoms with Crippen molar-refractivity contribution in [3.05, 3.63) is 80.4 Å². The second-order valence-electron chi connectivity index (χ2n) is 4.90. The molecule has 3 aromatic rings. The molecule has 0 aliphatic rings. The van der Waals surface area contributed by atoms with E-state index in [4.69, 9.17) is 5.26 Å². The highest BCUT2D eigenvalue weighted by Gasteiger charge is 2.20. The Morgan fingerprint density at radius 1 is 1.04 bits per heavy atom. The lowest BCUT2D eigenvalue weighted by atomic mass is 10.1. The highest BCUT2D eigenvalue weighted by atomic mass is 16.2. The number of hydrogen-bond acceptors (Lipinski definition) is 6. The summed E-state index contributed by atoms with van der Waals surface area (Å²) in [6, 6.07) is 14.2. The molecule has 0 unspecified atom stereocenters. The van der Waals surface area contributed by atoms with Gasteiger partial charge in [-0.3, -0.25) is 14.6 Å². The van der Waals surface area contributed by atoms with E-state index in [2.05, 4.69) is 15.6 Å². The van der Waals surface area contributed by atoms with Crippen molar-refractivity contribution in [1.82, 2.24) is 4.98 Å². The van der Waals surface area contributed by atoms with Crippen LogP contribution in [0, 0.1) is 11.3 Å². The molecule has 6 nitrogen and oxygen atoms in total. The van der Waals surface area contributed by atoms with Crippen LogP contribution in [0.3, 0.4) is 0 Å². The molecule has 1 aromatic heterocycles. The predicted molar refractivity (Wildman–Crippen MR) is 87.4 cm³/mol. The van der Waals surface area contributed by atoms with Crippen molar-refractivity contribution < 1.29 is 0 Å². The van der Waals surface area contributed by atoms with E-state index in [1.807, 2.05) is 18.2 Å². The van der Waals surface area contributed by atoms with E-state index in [-0.39, 0.29) is 11.4 Å². The topological polar surface area (TPSA) is 94.9 Å². The van der Waals surface area contributed by atoms with Crippen molar-refractivity contribution >= 4 is 17.1 Å². The van der Waals surface area contributed by atoms with Crippen LogP contribution < -0.4 is 21.5 Å². The molecule has 0 aliphatic carbocycles. The van der Waals surface area contributed by atoms with Crippen LogP contribution in [0.2, 0.25) is 0 Å². The molecule has 3 rings (SSSR count). The molecule has 0 aliphatic heterocycles. The Morgan fingerprint density at radius 3 is 2.61 bits per heavy atom. The van der Waals surface area contributed by atoms with Crippen molar-refractivity contribution in [3.63, 3.8) is 0 Å². The minimum absolute atomic E-state index is 0.209. The van der Waals surface area contributed by atoms with E-state index in [1.54, 1.807) is 36.5 Å². The van der Waals surface area contributed by atoms with Gasteiger partial charge in [0, 0.05) is 11.9 Å². The second kappa shape index (κ2) is 6.12. The van der Waals surface area contributed by atoms with Crippen LogP contribution in [0.15, 0.2) is 58.3 Å². The normalized spacial score (nSPS) is 10.2. The van der Waals surface area contributed by atoms with Crippen molar-refractivity contribution in [1.29, 1.82) is 5.26 Å². The third-order valence-electron chi connectivity index (χ3n) is 3.34. The molecule has 0 fully saturated rings. The van der Waals surface area contributed by atoms with E-state index in [0.29, 0.717) is 17.8 Å². The lowest BCUT2D eigenvalue weighted by Crippen LogP contribution is -2.36. The largest absolute Gasteiger partial charge is 0.374 e. The van der Waals surface area contributed by atoms with E-state index in [1.165, 1.54) is 0 Å². The first-order valence-electron chi connectivity index (χ1n) is 6.93. The molecule has 0 spiro atoms. The van der Waals surface area contributed by atoms with Gasteiger partial charge in [-0.2, -0.15) is 5.26 Å². The Balaban J connectivity index is 1.79. The molecular formula is C17H12N4O2. The maximum absolute atomic E-state index is 11.8. The van der Waals surface area contributed by atoms with E-state index in [0.717, 1.165) is 5.69 Å². The summed E-state index contributed by atoms with van der Waals surface area (Å²) in [5, 5.41) is 14.7. The van der Waals surface area contributed by atoms with Crippen LogP contribution in [0.25, 0.3) is 0 Å². The highest BCUT2D eigenvalue weighted by molar-refractivity contribution is 5.78. The monoisotopic (exact) mass is 304 g/mol. The molecule has 0 amide bonds. The fraction of sp³-hybridized carbons (Fsp3) is 0.0588. The lowest BCUT2D eigenvalue weighted by molar-refractivity contribution is 1.04. The Morgan fingerprint density at radius 2 is 1.87 bits per heavy atom. The highest BCUT2D eigenvalue weighted by Crippen LogP contribution is 2.21. The average molecular weight is 304 g/mol. The van der Waals surface area contributed by atoms with Crippen LogP contribution in [0.1, 0.15) is 11.3 Å². The molecule has 0 saturated heterocycles. The molecule has 0 atom stereocenters. The van der Waals surface area contributed by atoms with Gasteiger partial charge in [0.15, 0.2) is 0 Å². The zero-order valence-electron chi connectivity index (χ0n) is 12.0. The van der Waals surface area contributed by atoms with Gasteiger partial charge in [-0.25, -0.2) is 0 Å². The fourth-order valence-electron chi connectivity index (χ4n) is 2.17. The van der Waals surface area contributed by atoms with Crippen LogP contribution in [0.4, 0.5) is 17.1 Å². The standard InChI is InChI=1S/C17H12N4O2/c18-9-11-4-3-6-12(8-11)21-15-14(16(22)17(15)23)20-10-13-5-1-2-7-19-13/h1-8,20-21H,10H2. The van der Waals surface area contributed by atoms with Gasteiger partial charge in [-0.05, 0) is 30.3 Å². The summed E-state index contributed by atoms with van der Waals surface area (Å²) in [6.07, 6.45) is 1.66. The number of benzene rings is 1. The molecule has 0 bridgehead atoms. The van der Waals surface area contributed by atoms with E-state index in [9.17, 15) is 9.59 Å². The van der Waals surface area contributed by atoms with Gasteiger partial charge >= 0.3 is 0 Å². The van der Waals surface area contributed by atoms with Gasteiger partial charge in [0.05, 0.1) is 23.9 Å². The number of nitriles is 1. The maximum Gasteiger partial charge on any atom is 0.253 e. The number of nitrogens with zero attached hydrogens (tertiary/aromatic N) is 2. The third kappa shape index (κ3) is 2.94. The van der Waals surface area contributed by atoms with Crippen LogP contribution >= 0.6 is 0 Å². The summed E-state index contributed by atoms with van der Waals surface area (Å²) in [5.74, 6) is 0. The zero-order chi connectivity index (χ0) is 16.2. The van der Waals surface area contributed by atoms with Crippen molar-refractivity contribution in [2.75, 3.05) is 10.6 Å². The number of anilines is 3. The fourth-order valence-corrected chi connectivity index (χ4v) is 2.17. The summed E-state index contributed by atoms with van der Waals surface area (Å²) in [5.41, 5.74) is 1.13. The lowest BCUT2D eigenvalue weighted by Gasteiger charge is -2.14. The first-order valence-corrected chi connectivity index (χ1v) is 6.93. The summed E-state index contributed by atoms with van der Waals surface area (Å²) in [6.45, 7) is 0.346. The van der Waals surface area contributed by atoms with Gasteiger partial charge < -0.3 is 10.6 Å². The van der Waals surface area contributed by atoms with Crippen molar-refractivity contribution in [3.8, 4) is 6.07 Å². The molecular weight excluding hydrogens is 292 g/mol. The number of aromatic nitrogens is 1. The second-order valence-corrected chi connectivity index (χ2v) is 4.90. The smallest absolute Gasteiger partial charge is 0.253 e. The number of nitrogens with one attached hydrogen (secondary N) is 2. The Hall–Kier alpha value is -3.46. The minimum atomic E-state index is -0.573. The number of hydrogen-bond donors (Lipinski definition) is 2. The van der Waals surface area contributed by atoms with Gasteiger partial charge in [0.2, 0.25) is 0 Å². The van der Waals surface area contributed by atoms with Crippen LogP contribution in [0.5, 0.6) is 0 Å². The predicted octanol–water partition coefficient (Wildman–Crippen LogP) is 1.90. The third-order valence-corrected chi connectivity index (χ3v) is 3.34. The Bertz CT molecular complexity index is 951. The SMILES string of the molecule is N#Cc1cccc(Nc2c(NCc3ccccn3)c(=O)c2=O)c1. The summed E-state index contributed by atoms with van der Waals surface area (Å²) >= 11 is 0. The van der Waals surface area contributed by atoms with Gasteiger partial charge in [-0.15, -0.1) is 0 Å². The van der Waals surface area contributed by atoms with E-state index >= 15 is 0 Å². The molecule has 23 heavy (non-hydrogen) atoms. The molecule has 6 heteroatoms. The molecule has 0 saturated carbocycles. The Kier molecular flexibility index (Phi) is 3.85. The first kappa shape index (κ1) is 14.5. The van der Waals surface area contributed by atoms with Gasteiger partial charge in [0.25, 0.3) is 10.9 Å². The zero-order valence-corrected chi connectivity index (χ0v) is 12.0. The van der Waals surface area contributed by atoms with Crippen molar-refractivity contribution in [2.24, 2.45) is 0 Å². The quantitative estimate of drug-likeness (QED) is 0.699. The van der Waals surface area contributed by atoms with Gasteiger partial charge in [0.1, 0.15) is 11.4 Å². The molecule has 2 N–H and O–H groups in total. The van der Waals surface area contributed by atoms with Gasteiger partial charge in [-0.1, -0.05) is 12.1 Å². The first-order chi connectivity index (χ1) is 11.2. The van der Waals surface area contributed by atoms with Crippen LogP contribution in [-0.2, 0) is 6.54 Å². The molecule has 112 valence electrons. The molecule has 0 radical (unpaired) electrons. The summed E-state index contributed by atoms with van der Waals surface area (Å²) in [4.78, 5) is 27.6.